The lowest BCUT2D eigenvalue weighted by atomic mass is 10.2. The summed E-state index contributed by atoms with van der Waals surface area (Å²) in [5.74, 6) is 0.448. The quantitative estimate of drug-likeness (QED) is 0.502. The van der Waals surface area contributed by atoms with Crippen LogP contribution in [-0.2, 0) is 0 Å². The van der Waals surface area contributed by atoms with Crippen molar-refractivity contribution in [3.8, 4) is 5.75 Å². The van der Waals surface area contributed by atoms with Gasteiger partial charge in [-0.15, -0.1) is 0 Å². The highest BCUT2D eigenvalue weighted by molar-refractivity contribution is 5.94. The SMILES string of the molecule is O=C(NCCOc1ccccc1)c1ccc([N+](=O)[O-])cc1. The van der Waals surface area contributed by atoms with Crippen molar-refractivity contribution in [3.05, 3.63) is 70.3 Å². The number of benzene rings is 2. The summed E-state index contributed by atoms with van der Waals surface area (Å²) in [6, 6.07) is 14.7. The minimum atomic E-state index is -0.505. The van der Waals surface area contributed by atoms with Crippen molar-refractivity contribution < 1.29 is 14.5 Å². The molecule has 0 atom stereocenters. The van der Waals surface area contributed by atoms with Gasteiger partial charge in [-0.2, -0.15) is 0 Å². The Hall–Kier alpha value is -2.89. The molecule has 0 heterocycles. The fraction of sp³-hybridized carbons (Fsp3) is 0.133. The lowest BCUT2D eigenvalue weighted by Crippen LogP contribution is -2.28. The van der Waals surface area contributed by atoms with E-state index < -0.39 is 4.92 Å². The molecule has 2 aromatic rings. The van der Waals surface area contributed by atoms with Gasteiger partial charge in [-0.1, -0.05) is 18.2 Å². The molecule has 0 saturated heterocycles. The van der Waals surface area contributed by atoms with Gasteiger partial charge in [0, 0.05) is 17.7 Å². The Morgan fingerprint density at radius 1 is 1.10 bits per heavy atom. The topological polar surface area (TPSA) is 81.5 Å². The molecule has 0 radical (unpaired) electrons. The highest BCUT2D eigenvalue weighted by atomic mass is 16.6. The third kappa shape index (κ3) is 4.31. The molecule has 0 fully saturated rings. The number of ether oxygens (including phenoxy) is 1. The summed E-state index contributed by atoms with van der Waals surface area (Å²) in [6.07, 6.45) is 0. The summed E-state index contributed by atoms with van der Waals surface area (Å²) in [6.45, 7) is 0.702. The lowest BCUT2D eigenvalue weighted by molar-refractivity contribution is -0.384. The smallest absolute Gasteiger partial charge is 0.269 e. The third-order valence-corrected chi connectivity index (χ3v) is 2.74. The molecule has 0 unspecified atom stereocenters. The summed E-state index contributed by atoms with van der Waals surface area (Å²) in [5.41, 5.74) is 0.333. The Morgan fingerprint density at radius 3 is 2.38 bits per heavy atom. The van der Waals surface area contributed by atoms with E-state index >= 15 is 0 Å². The monoisotopic (exact) mass is 286 g/mol. The number of carbonyl (C=O) groups is 1. The van der Waals surface area contributed by atoms with Crippen LogP contribution in [0.1, 0.15) is 10.4 Å². The van der Waals surface area contributed by atoms with Crippen molar-refractivity contribution in [2.75, 3.05) is 13.2 Å². The molecule has 0 aliphatic carbocycles. The molecule has 0 aliphatic heterocycles. The number of nitro groups is 1. The average molecular weight is 286 g/mol. The Bertz CT molecular complexity index is 611. The van der Waals surface area contributed by atoms with Crippen LogP contribution in [0.3, 0.4) is 0 Å². The molecule has 21 heavy (non-hydrogen) atoms. The zero-order valence-corrected chi connectivity index (χ0v) is 11.2. The van der Waals surface area contributed by atoms with Crippen LogP contribution in [0, 0.1) is 10.1 Å². The van der Waals surface area contributed by atoms with Gasteiger partial charge in [0.25, 0.3) is 11.6 Å². The largest absolute Gasteiger partial charge is 0.492 e. The van der Waals surface area contributed by atoms with Crippen LogP contribution in [0.2, 0.25) is 0 Å². The zero-order valence-electron chi connectivity index (χ0n) is 11.2. The normalized spacial score (nSPS) is 9.90. The van der Waals surface area contributed by atoms with Crippen LogP contribution in [0.25, 0.3) is 0 Å². The van der Waals surface area contributed by atoms with Gasteiger partial charge >= 0.3 is 0 Å². The van der Waals surface area contributed by atoms with Crippen LogP contribution in [0.15, 0.2) is 54.6 Å². The number of hydrogen-bond donors (Lipinski definition) is 1. The Morgan fingerprint density at radius 2 is 1.76 bits per heavy atom. The Labute approximate surface area is 121 Å². The summed E-state index contributed by atoms with van der Waals surface area (Å²) in [5, 5.41) is 13.2. The number of nitro benzene ring substituents is 1. The number of amides is 1. The number of hydrogen-bond acceptors (Lipinski definition) is 4. The molecule has 1 N–H and O–H groups in total. The second-order valence-electron chi connectivity index (χ2n) is 4.22. The average Bonchev–Trinajstić information content (AvgIpc) is 2.52. The molecule has 108 valence electrons. The van der Waals surface area contributed by atoms with Gasteiger partial charge < -0.3 is 10.1 Å². The van der Waals surface area contributed by atoms with Gasteiger partial charge in [-0.05, 0) is 24.3 Å². The standard InChI is InChI=1S/C15H14N2O4/c18-15(12-6-8-13(9-7-12)17(19)20)16-10-11-21-14-4-2-1-3-5-14/h1-9H,10-11H2,(H,16,18). The minimum absolute atomic E-state index is 0.0426. The van der Waals surface area contributed by atoms with E-state index in [0.717, 1.165) is 5.75 Å². The van der Waals surface area contributed by atoms with E-state index in [1.807, 2.05) is 30.3 Å². The third-order valence-electron chi connectivity index (χ3n) is 2.74. The highest BCUT2D eigenvalue weighted by Crippen LogP contribution is 2.11. The first-order valence-corrected chi connectivity index (χ1v) is 6.37. The lowest BCUT2D eigenvalue weighted by Gasteiger charge is -2.07. The summed E-state index contributed by atoms with van der Waals surface area (Å²) < 4.78 is 5.44. The number of nitrogens with one attached hydrogen (secondary N) is 1. The fourth-order valence-electron chi connectivity index (χ4n) is 1.69. The van der Waals surface area contributed by atoms with E-state index in [4.69, 9.17) is 4.74 Å². The van der Waals surface area contributed by atoms with E-state index in [9.17, 15) is 14.9 Å². The molecule has 0 aromatic heterocycles. The number of para-hydroxylation sites is 1. The molecule has 6 nitrogen and oxygen atoms in total. The van der Waals surface area contributed by atoms with Crippen molar-refractivity contribution in [2.45, 2.75) is 0 Å². The maximum absolute atomic E-state index is 11.8. The highest BCUT2D eigenvalue weighted by Gasteiger charge is 2.08. The van der Waals surface area contributed by atoms with Crippen molar-refractivity contribution in [3.63, 3.8) is 0 Å². The number of nitrogens with zero attached hydrogens (tertiary/aromatic N) is 1. The molecule has 0 saturated carbocycles. The maximum atomic E-state index is 11.8. The minimum Gasteiger partial charge on any atom is -0.492 e. The molecule has 6 heteroatoms. The maximum Gasteiger partial charge on any atom is 0.269 e. The van der Waals surface area contributed by atoms with Crippen LogP contribution >= 0.6 is 0 Å². The fourth-order valence-corrected chi connectivity index (χ4v) is 1.69. The first-order chi connectivity index (χ1) is 10.2. The summed E-state index contributed by atoms with van der Waals surface area (Å²) >= 11 is 0. The number of rotatable bonds is 6. The van der Waals surface area contributed by atoms with Crippen molar-refractivity contribution in [2.24, 2.45) is 0 Å². The first-order valence-electron chi connectivity index (χ1n) is 6.37. The van der Waals surface area contributed by atoms with Crippen LogP contribution in [0.4, 0.5) is 5.69 Å². The molecule has 2 aromatic carbocycles. The second kappa shape index (κ2) is 7.04. The Balaban J connectivity index is 1.78. The number of carbonyl (C=O) groups excluding carboxylic acids is 1. The molecule has 1 amide bonds. The van der Waals surface area contributed by atoms with Crippen molar-refractivity contribution in [1.29, 1.82) is 0 Å². The van der Waals surface area contributed by atoms with Gasteiger partial charge in [0.1, 0.15) is 12.4 Å². The molecule has 0 bridgehead atoms. The molecule has 2 rings (SSSR count). The number of non-ortho nitro benzene ring substituents is 1. The van der Waals surface area contributed by atoms with E-state index in [1.54, 1.807) is 0 Å². The molecule has 0 aliphatic rings. The summed E-state index contributed by atoms with van der Waals surface area (Å²) in [7, 11) is 0. The van der Waals surface area contributed by atoms with Gasteiger partial charge in [0.15, 0.2) is 0 Å². The predicted molar refractivity (Wildman–Crippen MR) is 77.4 cm³/mol. The molecule has 0 spiro atoms. The van der Waals surface area contributed by atoms with E-state index in [1.165, 1.54) is 24.3 Å². The van der Waals surface area contributed by atoms with Crippen molar-refractivity contribution >= 4 is 11.6 Å². The zero-order chi connectivity index (χ0) is 15.1. The van der Waals surface area contributed by atoms with E-state index in [-0.39, 0.29) is 11.6 Å². The first kappa shape index (κ1) is 14.5. The van der Waals surface area contributed by atoms with E-state index in [0.29, 0.717) is 18.7 Å². The van der Waals surface area contributed by atoms with Gasteiger partial charge in [-0.3, -0.25) is 14.9 Å². The summed E-state index contributed by atoms with van der Waals surface area (Å²) in [4.78, 5) is 21.8. The Kier molecular flexibility index (Phi) is 4.87. The van der Waals surface area contributed by atoms with E-state index in [2.05, 4.69) is 5.32 Å². The van der Waals surface area contributed by atoms with Crippen LogP contribution in [-0.4, -0.2) is 24.0 Å². The molecular formula is C15H14N2O4. The second-order valence-corrected chi connectivity index (χ2v) is 4.22. The predicted octanol–water partition coefficient (Wildman–Crippen LogP) is 2.40. The van der Waals surface area contributed by atoms with Gasteiger partial charge in [0.2, 0.25) is 0 Å². The van der Waals surface area contributed by atoms with Gasteiger partial charge in [-0.25, -0.2) is 0 Å². The van der Waals surface area contributed by atoms with Gasteiger partial charge in [0.05, 0.1) is 11.5 Å². The molecular weight excluding hydrogens is 272 g/mol. The van der Waals surface area contributed by atoms with Crippen molar-refractivity contribution in [1.82, 2.24) is 5.32 Å². The van der Waals surface area contributed by atoms with Crippen LogP contribution in [0.5, 0.6) is 5.75 Å². The van der Waals surface area contributed by atoms with Crippen LogP contribution < -0.4 is 10.1 Å².